The summed E-state index contributed by atoms with van der Waals surface area (Å²) in [6.07, 6.45) is 0. The van der Waals surface area contributed by atoms with Gasteiger partial charge in [0.2, 0.25) is 0 Å². The van der Waals surface area contributed by atoms with Gasteiger partial charge in [-0.3, -0.25) is 10.1 Å². The zero-order valence-corrected chi connectivity index (χ0v) is 12.1. The fraction of sp³-hybridized carbons (Fsp3) is 0.538. The summed E-state index contributed by atoms with van der Waals surface area (Å²) in [6, 6.07) is 4.62. The summed E-state index contributed by atoms with van der Waals surface area (Å²) in [6.45, 7) is 7.13. The molecule has 0 spiro atoms. The Hall–Kier alpha value is -1.33. The van der Waals surface area contributed by atoms with Crippen molar-refractivity contribution < 1.29 is 9.66 Å². The van der Waals surface area contributed by atoms with Crippen LogP contribution in [-0.2, 0) is 4.74 Å². The maximum atomic E-state index is 11.0. The highest BCUT2D eigenvalue weighted by Gasteiger charge is 2.19. The fourth-order valence-electron chi connectivity index (χ4n) is 1.62. The number of halogens is 1. The van der Waals surface area contributed by atoms with Gasteiger partial charge >= 0.3 is 0 Å². The molecule has 1 N–H and O–H groups in total. The van der Waals surface area contributed by atoms with Crippen LogP contribution in [0.15, 0.2) is 18.2 Å². The minimum absolute atomic E-state index is 0.0137. The van der Waals surface area contributed by atoms with E-state index in [2.05, 4.69) is 5.32 Å². The van der Waals surface area contributed by atoms with Crippen molar-refractivity contribution in [1.29, 1.82) is 0 Å². The summed E-state index contributed by atoms with van der Waals surface area (Å²) in [7, 11) is 0. The van der Waals surface area contributed by atoms with Gasteiger partial charge in [-0.2, -0.15) is 0 Å². The number of benzene rings is 1. The van der Waals surface area contributed by atoms with E-state index in [0.717, 1.165) is 0 Å². The van der Waals surface area contributed by atoms with Gasteiger partial charge in [0.05, 0.1) is 17.6 Å². The van der Waals surface area contributed by atoms with Gasteiger partial charge in [-0.15, -0.1) is 0 Å². The Morgan fingerprint density at radius 1 is 1.47 bits per heavy atom. The molecule has 106 valence electrons. The van der Waals surface area contributed by atoms with E-state index < -0.39 is 4.92 Å². The second-order valence-corrected chi connectivity index (χ2v) is 5.01. The Bertz CT molecular complexity index is 438. The number of ether oxygens (including phenoxy) is 1. The van der Waals surface area contributed by atoms with E-state index in [9.17, 15) is 10.1 Å². The highest BCUT2D eigenvalue weighted by molar-refractivity contribution is 6.30. The van der Waals surface area contributed by atoms with Gasteiger partial charge in [-0.25, -0.2) is 0 Å². The van der Waals surface area contributed by atoms with Crippen LogP contribution in [0.5, 0.6) is 0 Å². The van der Waals surface area contributed by atoms with E-state index in [1.54, 1.807) is 12.1 Å². The van der Waals surface area contributed by atoms with Gasteiger partial charge in [0.15, 0.2) is 0 Å². The van der Waals surface area contributed by atoms with Gasteiger partial charge in [0.1, 0.15) is 5.69 Å². The van der Waals surface area contributed by atoms with Crippen LogP contribution in [0.1, 0.15) is 20.8 Å². The van der Waals surface area contributed by atoms with Gasteiger partial charge in [-0.1, -0.05) is 25.4 Å². The van der Waals surface area contributed by atoms with Gasteiger partial charge in [-0.05, 0) is 25.0 Å². The Morgan fingerprint density at radius 2 is 2.16 bits per heavy atom. The summed E-state index contributed by atoms with van der Waals surface area (Å²) >= 11 is 5.79. The first-order valence-electron chi connectivity index (χ1n) is 6.24. The molecule has 0 fully saturated rings. The largest absolute Gasteiger partial charge is 0.380 e. The molecule has 0 amide bonds. The Labute approximate surface area is 118 Å². The molecule has 0 aliphatic carbocycles. The number of nitro benzene ring substituents is 1. The summed E-state index contributed by atoms with van der Waals surface area (Å²) in [5.74, 6) is 0.293. The molecule has 1 atom stereocenters. The Morgan fingerprint density at radius 3 is 2.68 bits per heavy atom. The topological polar surface area (TPSA) is 64.4 Å². The van der Waals surface area contributed by atoms with E-state index >= 15 is 0 Å². The molecular formula is C13H19ClN2O3. The highest BCUT2D eigenvalue weighted by atomic mass is 35.5. The van der Waals surface area contributed by atoms with Gasteiger partial charge in [0.25, 0.3) is 5.69 Å². The predicted octanol–water partition coefficient (Wildman–Crippen LogP) is 3.72. The van der Waals surface area contributed by atoms with Crippen molar-refractivity contribution in [3.8, 4) is 0 Å². The molecule has 0 saturated heterocycles. The van der Waals surface area contributed by atoms with Crippen LogP contribution >= 0.6 is 11.6 Å². The normalized spacial score (nSPS) is 12.5. The van der Waals surface area contributed by atoms with Crippen LogP contribution in [-0.4, -0.2) is 24.2 Å². The van der Waals surface area contributed by atoms with Crippen LogP contribution in [0.25, 0.3) is 0 Å². The first kappa shape index (κ1) is 15.7. The number of nitrogens with zero attached hydrogens (tertiary/aromatic N) is 1. The summed E-state index contributed by atoms with van der Waals surface area (Å²) in [5.41, 5.74) is 0.447. The average molecular weight is 287 g/mol. The van der Waals surface area contributed by atoms with E-state index in [4.69, 9.17) is 16.3 Å². The summed E-state index contributed by atoms with van der Waals surface area (Å²) < 4.78 is 5.39. The molecule has 1 unspecified atom stereocenters. The Balaban J connectivity index is 2.92. The maximum Gasteiger partial charge on any atom is 0.293 e. The number of rotatable bonds is 7. The van der Waals surface area contributed by atoms with Crippen molar-refractivity contribution in [1.82, 2.24) is 0 Å². The molecule has 0 radical (unpaired) electrons. The van der Waals surface area contributed by atoms with Gasteiger partial charge < -0.3 is 10.1 Å². The van der Waals surface area contributed by atoms with Crippen LogP contribution in [0, 0.1) is 16.0 Å². The lowest BCUT2D eigenvalue weighted by molar-refractivity contribution is -0.384. The zero-order valence-electron chi connectivity index (χ0n) is 11.4. The number of hydrogen-bond acceptors (Lipinski definition) is 4. The predicted molar refractivity (Wildman–Crippen MR) is 76.8 cm³/mol. The smallest absolute Gasteiger partial charge is 0.293 e. The molecule has 0 aromatic heterocycles. The van der Waals surface area contributed by atoms with Crippen molar-refractivity contribution >= 4 is 23.0 Å². The molecule has 0 aliphatic heterocycles. The molecular weight excluding hydrogens is 268 g/mol. The van der Waals surface area contributed by atoms with E-state index in [-0.39, 0.29) is 11.7 Å². The highest BCUT2D eigenvalue weighted by Crippen LogP contribution is 2.29. The van der Waals surface area contributed by atoms with Crippen molar-refractivity contribution in [2.75, 3.05) is 18.5 Å². The minimum atomic E-state index is -0.438. The second kappa shape index (κ2) is 7.31. The molecule has 0 bridgehead atoms. The number of hydrogen-bond donors (Lipinski definition) is 1. The van der Waals surface area contributed by atoms with E-state index in [0.29, 0.717) is 29.8 Å². The molecule has 0 saturated carbocycles. The summed E-state index contributed by atoms with van der Waals surface area (Å²) in [5, 5.41) is 14.5. The second-order valence-electron chi connectivity index (χ2n) is 4.57. The van der Waals surface area contributed by atoms with E-state index in [1.165, 1.54) is 6.07 Å². The Kier molecular flexibility index (Phi) is 6.05. The monoisotopic (exact) mass is 286 g/mol. The van der Waals surface area contributed by atoms with Crippen molar-refractivity contribution in [2.24, 2.45) is 5.92 Å². The third-order valence-electron chi connectivity index (χ3n) is 2.80. The van der Waals surface area contributed by atoms with Gasteiger partial charge in [0, 0.05) is 17.7 Å². The fourth-order valence-corrected chi connectivity index (χ4v) is 1.79. The maximum absolute atomic E-state index is 11.0. The zero-order chi connectivity index (χ0) is 14.4. The quantitative estimate of drug-likeness (QED) is 0.613. The van der Waals surface area contributed by atoms with E-state index in [1.807, 2.05) is 20.8 Å². The van der Waals surface area contributed by atoms with Crippen LogP contribution < -0.4 is 5.32 Å². The van der Waals surface area contributed by atoms with Crippen LogP contribution in [0.2, 0.25) is 5.02 Å². The lowest BCUT2D eigenvalue weighted by Crippen LogP contribution is -2.31. The van der Waals surface area contributed by atoms with Crippen LogP contribution in [0.3, 0.4) is 0 Å². The summed E-state index contributed by atoms with van der Waals surface area (Å²) in [4.78, 5) is 10.6. The first-order valence-corrected chi connectivity index (χ1v) is 6.61. The molecule has 5 nitrogen and oxygen atoms in total. The van der Waals surface area contributed by atoms with Crippen LogP contribution in [0.4, 0.5) is 11.4 Å². The SMILES string of the molecule is CCOCC(Nc1ccc(Cl)cc1[N+](=O)[O-])C(C)C. The molecule has 0 heterocycles. The third-order valence-corrected chi connectivity index (χ3v) is 3.04. The average Bonchev–Trinajstić information content (AvgIpc) is 2.35. The minimum Gasteiger partial charge on any atom is -0.380 e. The first-order chi connectivity index (χ1) is 8.95. The number of nitro groups is 1. The molecule has 1 aromatic carbocycles. The molecule has 19 heavy (non-hydrogen) atoms. The molecule has 6 heteroatoms. The third kappa shape index (κ3) is 4.69. The van der Waals surface area contributed by atoms with Crippen molar-refractivity contribution in [3.63, 3.8) is 0 Å². The molecule has 1 aromatic rings. The standard InChI is InChI=1S/C13H19ClN2O3/c1-4-19-8-12(9(2)3)15-11-6-5-10(14)7-13(11)16(17)18/h5-7,9,12,15H,4,8H2,1-3H3. The lowest BCUT2D eigenvalue weighted by Gasteiger charge is -2.23. The number of nitrogens with one attached hydrogen (secondary N) is 1. The number of anilines is 1. The van der Waals surface area contributed by atoms with Crippen molar-refractivity contribution in [3.05, 3.63) is 33.3 Å². The molecule has 0 aliphatic rings. The van der Waals surface area contributed by atoms with Crippen molar-refractivity contribution in [2.45, 2.75) is 26.8 Å². The lowest BCUT2D eigenvalue weighted by atomic mass is 10.0. The molecule has 1 rings (SSSR count).